The van der Waals surface area contributed by atoms with Gasteiger partial charge in [0, 0.05) is 16.7 Å². The fourth-order valence-electron chi connectivity index (χ4n) is 3.11. The number of hydrogen-bond acceptors (Lipinski definition) is 4. The predicted octanol–water partition coefficient (Wildman–Crippen LogP) is 6.39. The van der Waals surface area contributed by atoms with Crippen molar-refractivity contribution in [3.8, 4) is 0 Å². The maximum absolute atomic E-state index is 11.2. The Balaban J connectivity index is 1.70. The van der Waals surface area contributed by atoms with Crippen molar-refractivity contribution in [2.24, 2.45) is 5.16 Å². The molecule has 3 rings (SSSR count). The molecule has 0 atom stereocenters. The van der Waals surface area contributed by atoms with E-state index in [4.69, 9.17) is 4.84 Å². The number of carbonyl (C=O) groups is 1. The van der Waals surface area contributed by atoms with E-state index >= 15 is 0 Å². The third kappa shape index (κ3) is 6.40. The molecule has 4 heteroatoms. The molecule has 1 aliphatic rings. The Morgan fingerprint density at radius 1 is 1.04 bits per heavy atom. The van der Waals surface area contributed by atoms with Crippen molar-refractivity contribution >= 4 is 23.4 Å². The summed E-state index contributed by atoms with van der Waals surface area (Å²) in [6.07, 6.45) is 9.02. The lowest BCUT2D eigenvalue weighted by Crippen LogP contribution is -2.05. The van der Waals surface area contributed by atoms with Crippen LogP contribution in [0.1, 0.15) is 51.0 Å². The summed E-state index contributed by atoms with van der Waals surface area (Å²) in [5.74, 6) is -0.388. The lowest BCUT2D eigenvalue weighted by molar-refractivity contribution is -0.140. The summed E-state index contributed by atoms with van der Waals surface area (Å²) in [6.45, 7) is 1.38. The Morgan fingerprint density at radius 2 is 1.78 bits per heavy atom. The molecule has 0 bridgehead atoms. The summed E-state index contributed by atoms with van der Waals surface area (Å²) in [6, 6.07) is 18.6. The van der Waals surface area contributed by atoms with E-state index in [1.165, 1.54) is 48.0 Å². The zero-order chi connectivity index (χ0) is 18.9. The predicted molar refractivity (Wildman–Crippen MR) is 111 cm³/mol. The van der Waals surface area contributed by atoms with Crippen LogP contribution in [0.3, 0.4) is 0 Å². The maximum Gasteiger partial charge on any atom is 0.331 e. The number of benzene rings is 2. The summed E-state index contributed by atoms with van der Waals surface area (Å²) in [4.78, 5) is 18.5. The first-order valence-electron chi connectivity index (χ1n) is 9.46. The molecule has 0 heterocycles. The van der Waals surface area contributed by atoms with E-state index in [0.29, 0.717) is 0 Å². The molecular formula is C23H25NO2S. The van der Waals surface area contributed by atoms with E-state index < -0.39 is 0 Å². The lowest BCUT2D eigenvalue weighted by atomic mass is 9.94. The largest absolute Gasteiger partial charge is 0.331 e. The van der Waals surface area contributed by atoms with Gasteiger partial charge in [-0.3, -0.25) is 0 Å². The van der Waals surface area contributed by atoms with E-state index in [9.17, 15) is 4.79 Å². The minimum atomic E-state index is -0.388. The highest BCUT2D eigenvalue weighted by Gasteiger charge is 2.10. The molecular weight excluding hydrogens is 354 g/mol. The highest BCUT2D eigenvalue weighted by Crippen LogP contribution is 2.28. The molecule has 3 nitrogen and oxygen atoms in total. The van der Waals surface area contributed by atoms with Gasteiger partial charge in [-0.2, -0.15) is 0 Å². The second kappa shape index (κ2) is 10.1. The number of allylic oxidation sites excluding steroid dienone is 2. The second-order valence-electron chi connectivity index (χ2n) is 6.67. The molecule has 0 saturated carbocycles. The van der Waals surface area contributed by atoms with Gasteiger partial charge in [-0.15, -0.1) is 0 Å². The monoisotopic (exact) mass is 379 g/mol. The van der Waals surface area contributed by atoms with Crippen LogP contribution in [-0.2, 0) is 9.63 Å². The van der Waals surface area contributed by atoms with Gasteiger partial charge in [-0.05, 0) is 68.4 Å². The van der Waals surface area contributed by atoms with Crippen molar-refractivity contribution in [1.82, 2.24) is 0 Å². The Hall–Kier alpha value is -2.33. The minimum absolute atomic E-state index is 0.388. The summed E-state index contributed by atoms with van der Waals surface area (Å²) in [5, 5.41) is 4.12. The van der Waals surface area contributed by atoms with E-state index in [0.717, 1.165) is 24.1 Å². The third-order valence-corrected chi connectivity index (χ3v) is 5.53. The molecule has 1 aliphatic carbocycles. The van der Waals surface area contributed by atoms with Crippen LogP contribution in [0.5, 0.6) is 0 Å². The summed E-state index contributed by atoms with van der Waals surface area (Å²) in [5.41, 5.74) is 3.33. The van der Waals surface area contributed by atoms with Crippen LogP contribution in [0.15, 0.2) is 81.2 Å². The molecule has 0 unspecified atom stereocenters. The van der Waals surface area contributed by atoms with E-state index in [1.807, 2.05) is 18.2 Å². The molecule has 0 aliphatic heterocycles. The summed E-state index contributed by atoms with van der Waals surface area (Å²) < 4.78 is 0. The average Bonchev–Trinajstić information content (AvgIpc) is 2.70. The molecule has 0 spiro atoms. The number of rotatable bonds is 7. The van der Waals surface area contributed by atoms with Crippen LogP contribution >= 0.6 is 11.8 Å². The molecule has 0 amide bonds. The minimum Gasteiger partial charge on any atom is -0.318 e. The molecule has 0 aromatic heterocycles. The number of carbonyl (C=O) groups excluding carboxylic acids is 1. The molecule has 2 aromatic rings. The van der Waals surface area contributed by atoms with Crippen LogP contribution < -0.4 is 0 Å². The molecule has 27 heavy (non-hydrogen) atoms. The van der Waals surface area contributed by atoms with Gasteiger partial charge in [0.15, 0.2) is 0 Å². The van der Waals surface area contributed by atoms with Gasteiger partial charge in [-0.1, -0.05) is 58.9 Å². The van der Waals surface area contributed by atoms with E-state index in [2.05, 4.69) is 47.6 Å². The Morgan fingerprint density at radius 3 is 2.44 bits per heavy atom. The quantitative estimate of drug-likeness (QED) is 0.242. The third-order valence-electron chi connectivity index (χ3n) is 4.52. The fraction of sp³-hybridized carbons (Fsp3) is 0.304. The molecule has 0 fully saturated rings. The Labute approximate surface area is 165 Å². The van der Waals surface area contributed by atoms with Gasteiger partial charge >= 0.3 is 5.97 Å². The lowest BCUT2D eigenvalue weighted by Gasteiger charge is -2.13. The molecule has 0 N–H and O–H groups in total. The Kier molecular flexibility index (Phi) is 7.28. The standard InChI is InChI=1S/C23H25NO2S/c1-18(25)26-24-23(17-12-19-8-4-2-5-9-19)20-13-15-22(16-14-20)27-21-10-6-3-7-11-21/h3,6-8,10-11,13-16H,2,4-5,9,12,17H2,1H3. The van der Waals surface area contributed by atoms with E-state index in [1.54, 1.807) is 11.8 Å². The molecule has 140 valence electrons. The molecule has 0 saturated heterocycles. The first-order valence-corrected chi connectivity index (χ1v) is 10.3. The van der Waals surface area contributed by atoms with Gasteiger partial charge in [0.1, 0.15) is 0 Å². The first kappa shape index (κ1) is 19.4. The van der Waals surface area contributed by atoms with Crippen LogP contribution in [0.2, 0.25) is 0 Å². The summed E-state index contributed by atoms with van der Waals surface area (Å²) >= 11 is 1.73. The van der Waals surface area contributed by atoms with Gasteiger partial charge in [-0.25, -0.2) is 4.79 Å². The first-order chi connectivity index (χ1) is 13.2. The molecule has 2 aromatic carbocycles. The number of hydrogen-bond donors (Lipinski definition) is 0. The smallest absolute Gasteiger partial charge is 0.318 e. The van der Waals surface area contributed by atoms with Crippen molar-refractivity contribution in [2.45, 2.75) is 55.2 Å². The SMILES string of the molecule is CC(=O)ON=C(CCC1=CCCCC1)c1ccc(Sc2ccccc2)cc1. The molecule has 0 radical (unpaired) electrons. The highest BCUT2D eigenvalue weighted by molar-refractivity contribution is 7.99. The zero-order valence-electron chi connectivity index (χ0n) is 15.7. The second-order valence-corrected chi connectivity index (χ2v) is 7.82. The van der Waals surface area contributed by atoms with Crippen LogP contribution in [-0.4, -0.2) is 11.7 Å². The van der Waals surface area contributed by atoms with Gasteiger partial charge in [0.2, 0.25) is 0 Å². The highest BCUT2D eigenvalue weighted by atomic mass is 32.2. The van der Waals surface area contributed by atoms with E-state index in [-0.39, 0.29) is 5.97 Å². The van der Waals surface area contributed by atoms with Crippen molar-refractivity contribution in [3.63, 3.8) is 0 Å². The number of oxime groups is 1. The number of nitrogens with zero attached hydrogens (tertiary/aromatic N) is 1. The average molecular weight is 380 g/mol. The maximum atomic E-state index is 11.2. The van der Waals surface area contributed by atoms with Gasteiger partial charge in [0.05, 0.1) is 5.71 Å². The van der Waals surface area contributed by atoms with Crippen LogP contribution in [0, 0.1) is 0 Å². The van der Waals surface area contributed by atoms with Crippen molar-refractivity contribution in [2.75, 3.05) is 0 Å². The topological polar surface area (TPSA) is 38.7 Å². The van der Waals surface area contributed by atoms with Gasteiger partial charge in [0.25, 0.3) is 0 Å². The Bertz CT molecular complexity index is 810. The van der Waals surface area contributed by atoms with Crippen LogP contribution in [0.25, 0.3) is 0 Å². The zero-order valence-corrected chi connectivity index (χ0v) is 16.5. The fourth-order valence-corrected chi connectivity index (χ4v) is 3.95. The van der Waals surface area contributed by atoms with Gasteiger partial charge < -0.3 is 4.84 Å². The van der Waals surface area contributed by atoms with Crippen molar-refractivity contribution < 1.29 is 9.63 Å². The van der Waals surface area contributed by atoms with Crippen molar-refractivity contribution in [1.29, 1.82) is 0 Å². The summed E-state index contributed by atoms with van der Waals surface area (Å²) in [7, 11) is 0. The van der Waals surface area contributed by atoms with Crippen molar-refractivity contribution in [3.05, 3.63) is 71.8 Å². The van der Waals surface area contributed by atoms with Crippen LogP contribution in [0.4, 0.5) is 0 Å². The normalized spacial score (nSPS) is 14.6.